The maximum Gasteiger partial charge on any atom is 0.330 e. The summed E-state index contributed by atoms with van der Waals surface area (Å²) in [6, 6.07) is 0. The Balaban J connectivity index is 2.31. The van der Waals surface area contributed by atoms with Crippen molar-refractivity contribution in [3.05, 3.63) is 12.2 Å². The Morgan fingerprint density at radius 3 is 2.15 bits per heavy atom. The fraction of sp³-hybridized carbons (Fsp3) is 0.750. The highest BCUT2D eigenvalue weighted by atomic mass is 16.6. The number of ether oxygens (including phenoxy) is 4. The van der Waals surface area contributed by atoms with Gasteiger partial charge in [0.25, 0.3) is 0 Å². The van der Waals surface area contributed by atoms with Crippen molar-refractivity contribution in [1.82, 2.24) is 0 Å². The molecular weight excluding hydrogens is 352 g/mol. The third-order valence-electron chi connectivity index (χ3n) is 5.38. The van der Waals surface area contributed by atoms with E-state index in [1.54, 1.807) is 26.8 Å². The SMILES string of the molecule is CCOC(=O)/C=C/C1CCC(C(=O)OCC)(C(=O)OCC)C[C@@]12CCCO2. The van der Waals surface area contributed by atoms with E-state index < -0.39 is 28.9 Å². The molecule has 7 heteroatoms. The Hall–Kier alpha value is -1.89. The number of esters is 3. The number of rotatable bonds is 7. The Morgan fingerprint density at radius 2 is 1.63 bits per heavy atom. The van der Waals surface area contributed by atoms with Gasteiger partial charge in [-0.05, 0) is 46.5 Å². The van der Waals surface area contributed by atoms with Crippen molar-refractivity contribution < 1.29 is 33.3 Å². The lowest BCUT2D eigenvalue weighted by molar-refractivity contribution is -0.186. The van der Waals surface area contributed by atoms with E-state index >= 15 is 0 Å². The average molecular weight is 382 g/mol. The van der Waals surface area contributed by atoms with Gasteiger partial charge in [0.1, 0.15) is 0 Å². The second-order valence-corrected chi connectivity index (χ2v) is 6.97. The van der Waals surface area contributed by atoms with Crippen LogP contribution in [0.1, 0.15) is 52.9 Å². The van der Waals surface area contributed by atoms with Gasteiger partial charge in [0.15, 0.2) is 5.41 Å². The zero-order chi connectivity index (χ0) is 19.9. The summed E-state index contributed by atoms with van der Waals surface area (Å²) < 4.78 is 21.5. The van der Waals surface area contributed by atoms with E-state index in [4.69, 9.17) is 18.9 Å². The van der Waals surface area contributed by atoms with Gasteiger partial charge in [0.2, 0.25) is 0 Å². The van der Waals surface area contributed by atoms with Crippen molar-refractivity contribution in [2.75, 3.05) is 26.4 Å². The zero-order valence-corrected chi connectivity index (χ0v) is 16.5. The summed E-state index contributed by atoms with van der Waals surface area (Å²) in [6.45, 7) is 6.44. The lowest BCUT2D eigenvalue weighted by Gasteiger charge is -2.46. The van der Waals surface area contributed by atoms with E-state index in [0.29, 0.717) is 32.5 Å². The van der Waals surface area contributed by atoms with Crippen molar-refractivity contribution in [3.8, 4) is 0 Å². The van der Waals surface area contributed by atoms with Gasteiger partial charge >= 0.3 is 17.9 Å². The molecule has 1 unspecified atom stereocenters. The largest absolute Gasteiger partial charge is 0.465 e. The second kappa shape index (κ2) is 9.35. The van der Waals surface area contributed by atoms with E-state index in [2.05, 4.69) is 0 Å². The molecule has 0 N–H and O–H groups in total. The maximum absolute atomic E-state index is 12.8. The van der Waals surface area contributed by atoms with Crippen LogP contribution in [0.25, 0.3) is 0 Å². The maximum atomic E-state index is 12.8. The highest BCUT2D eigenvalue weighted by Gasteiger charge is 2.60. The van der Waals surface area contributed by atoms with Gasteiger partial charge in [0.05, 0.1) is 25.4 Å². The number of carbonyl (C=O) groups excluding carboxylic acids is 3. The van der Waals surface area contributed by atoms with Crippen molar-refractivity contribution in [2.45, 2.75) is 58.5 Å². The van der Waals surface area contributed by atoms with E-state index in [-0.39, 0.29) is 25.6 Å². The lowest BCUT2D eigenvalue weighted by atomic mass is 9.61. The minimum absolute atomic E-state index is 0.0821. The minimum Gasteiger partial charge on any atom is -0.465 e. The fourth-order valence-corrected chi connectivity index (χ4v) is 4.17. The summed E-state index contributed by atoms with van der Waals surface area (Å²) in [6.07, 6.45) is 5.79. The van der Waals surface area contributed by atoms with Crippen LogP contribution in [0.15, 0.2) is 12.2 Å². The highest BCUT2D eigenvalue weighted by Crippen LogP contribution is 2.52. The standard InChI is InChI=1S/C20H30O7/c1-4-24-16(21)9-8-15-10-12-19(17(22)25-5-2,18(23)26-6-3)14-20(15)11-7-13-27-20/h8-9,15H,4-7,10-14H2,1-3H3/b9-8+/t15?,20-/m0/s1. The molecule has 2 atom stereocenters. The molecule has 0 radical (unpaired) electrons. The van der Waals surface area contributed by atoms with Crippen LogP contribution in [-0.4, -0.2) is 49.9 Å². The van der Waals surface area contributed by atoms with Gasteiger partial charge in [0, 0.05) is 25.0 Å². The van der Waals surface area contributed by atoms with E-state index in [0.717, 1.165) is 6.42 Å². The molecule has 2 aliphatic rings. The Labute approximate surface area is 160 Å². The molecule has 1 spiro atoms. The molecule has 1 aliphatic carbocycles. The first kappa shape index (κ1) is 21.4. The fourth-order valence-electron chi connectivity index (χ4n) is 4.17. The van der Waals surface area contributed by atoms with Gasteiger partial charge in [-0.2, -0.15) is 0 Å². The Bertz CT molecular complexity index is 557. The number of carbonyl (C=O) groups is 3. The Kier molecular flexibility index (Phi) is 7.41. The van der Waals surface area contributed by atoms with Crippen LogP contribution in [0, 0.1) is 11.3 Å². The summed E-state index contributed by atoms with van der Waals surface area (Å²) in [5.74, 6) is -1.59. The first-order valence-electron chi connectivity index (χ1n) is 9.77. The molecule has 0 aromatic heterocycles. The molecule has 1 saturated heterocycles. The van der Waals surface area contributed by atoms with Crippen molar-refractivity contribution in [2.24, 2.45) is 11.3 Å². The summed E-state index contributed by atoms with van der Waals surface area (Å²) in [5.41, 5.74) is -2.04. The van der Waals surface area contributed by atoms with Crippen molar-refractivity contribution in [3.63, 3.8) is 0 Å². The molecule has 2 fully saturated rings. The van der Waals surface area contributed by atoms with Crippen LogP contribution in [0.5, 0.6) is 0 Å². The van der Waals surface area contributed by atoms with E-state index in [1.165, 1.54) is 6.08 Å². The molecule has 152 valence electrons. The van der Waals surface area contributed by atoms with Crippen LogP contribution in [-0.2, 0) is 33.3 Å². The van der Waals surface area contributed by atoms with Gasteiger partial charge < -0.3 is 18.9 Å². The first-order valence-corrected chi connectivity index (χ1v) is 9.77. The molecule has 7 nitrogen and oxygen atoms in total. The number of hydrogen-bond acceptors (Lipinski definition) is 7. The van der Waals surface area contributed by atoms with Crippen molar-refractivity contribution in [1.29, 1.82) is 0 Å². The van der Waals surface area contributed by atoms with Crippen molar-refractivity contribution >= 4 is 17.9 Å². The number of hydrogen-bond donors (Lipinski definition) is 0. The van der Waals surface area contributed by atoms with Crippen LogP contribution < -0.4 is 0 Å². The predicted octanol–water partition coefficient (Wildman–Crippen LogP) is 2.57. The van der Waals surface area contributed by atoms with Gasteiger partial charge in [-0.25, -0.2) is 4.79 Å². The van der Waals surface area contributed by atoms with Crippen LogP contribution in [0.2, 0.25) is 0 Å². The minimum atomic E-state index is -1.36. The van der Waals surface area contributed by atoms with Gasteiger partial charge in [-0.1, -0.05) is 6.08 Å². The molecule has 0 aromatic carbocycles. The monoisotopic (exact) mass is 382 g/mol. The molecule has 0 bridgehead atoms. The lowest BCUT2D eigenvalue weighted by Crippen LogP contribution is -2.54. The molecule has 2 rings (SSSR count). The highest BCUT2D eigenvalue weighted by molar-refractivity contribution is 6.00. The summed E-state index contributed by atoms with van der Waals surface area (Å²) >= 11 is 0. The van der Waals surface area contributed by atoms with Gasteiger partial charge in [-0.15, -0.1) is 0 Å². The molecular formula is C20H30O7. The summed E-state index contributed by atoms with van der Waals surface area (Å²) in [7, 11) is 0. The Morgan fingerprint density at radius 1 is 1.00 bits per heavy atom. The molecule has 27 heavy (non-hydrogen) atoms. The second-order valence-electron chi connectivity index (χ2n) is 6.97. The molecule has 0 aromatic rings. The molecule has 1 heterocycles. The topological polar surface area (TPSA) is 88.1 Å². The quantitative estimate of drug-likeness (QED) is 0.289. The molecule has 0 amide bonds. The average Bonchev–Trinajstić information content (AvgIpc) is 3.10. The predicted molar refractivity (Wildman–Crippen MR) is 96.7 cm³/mol. The van der Waals surface area contributed by atoms with Crippen LogP contribution >= 0.6 is 0 Å². The van der Waals surface area contributed by atoms with E-state index in [9.17, 15) is 14.4 Å². The third-order valence-corrected chi connectivity index (χ3v) is 5.38. The molecule has 1 saturated carbocycles. The summed E-state index contributed by atoms with van der Waals surface area (Å²) in [5, 5.41) is 0. The summed E-state index contributed by atoms with van der Waals surface area (Å²) in [4.78, 5) is 37.2. The molecule has 1 aliphatic heterocycles. The normalized spacial score (nSPS) is 26.9. The zero-order valence-electron chi connectivity index (χ0n) is 16.5. The first-order chi connectivity index (χ1) is 12.9. The van der Waals surface area contributed by atoms with E-state index in [1.807, 2.05) is 0 Å². The van der Waals surface area contributed by atoms with Gasteiger partial charge in [-0.3, -0.25) is 9.59 Å². The van der Waals surface area contributed by atoms with Crippen LogP contribution in [0.3, 0.4) is 0 Å². The van der Waals surface area contributed by atoms with Crippen LogP contribution in [0.4, 0.5) is 0 Å². The third kappa shape index (κ3) is 4.51. The smallest absolute Gasteiger partial charge is 0.330 e.